The number of carbonyl (C=O) groups excluding carboxylic acids is 1. The molecule has 7 heteroatoms. The van der Waals surface area contributed by atoms with Gasteiger partial charge in [0.1, 0.15) is 5.84 Å². The average Bonchev–Trinajstić information content (AvgIpc) is 2.73. The van der Waals surface area contributed by atoms with E-state index in [-0.39, 0.29) is 5.91 Å². The zero-order valence-electron chi connectivity index (χ0n) is 17.5. The first-order valence-electron chi connectivity index (χ1n) is 10.0. The van der Waals surface area contributed by atoms with Gasteiger partial charge in [0.2, 0.25) is 5.91 Å². The van der Waals surface area contributed by atoms with Crippen LogP contribution in [-0.2, 0) is 17.4 Å². The number of nitrogens with zero attached hydrogens (tertiary/aromatic N) is 3. The first-order valence-corrected chi connectivity index (χ1v) is 10.0. The summed E-state index contributed by atoms with van der Waals surface area (Å²) in [6.07, 6.45) is 3.83. The molecule has 0 bridgehead atoms. The molecule has 1 aromatic rings. The van der Waals surface area contributed by atoms with Gasteiger partial charge in [0, 0.05) is 38.8 Å². The van der Waals surface area contributed by atoms with Gasteiger partial charge in [-0.2, -0.15) is 13.2 Å². The van der Waals surface area contributed by atoms with Crippen LogP contribution in [0.3, 0.4) is 0 Å². The number of benzene rings is 1. The zero-order valence-corrected chi connectivity index (χ0v) is 17.5. The number of amides is 1. The summed E-state index contributed by atoms with van der Waals surface area (Å²) in [4.78, 5) is 20.3. The van der Waals surface area contributed by atoms with Gasteiger partial charge in [-0.05, 0) is 42.7 Å². The van der Waals surface area contributed by atoms with Gasteiger partial charge >= 0.3 is 6.18 Å². The third-order valence-corrected chi connectivity index (χ3v) is 4.82. The lowest BCUT2D eigenvalue weighted by atomic mass is 10.0. The Labute approximate surface area is 176 Å². The molecule has 0 radical (unpaired) electrons. The van der Waals surface area contributed by atoms with Gasteiger partial charge in [-0.25, -0.2) is 4.99 Å². The smallest absolute Gasteiger partial charge is 0.353 e. The molecule has 1 saturated heterocycles. The molecule has 1 aliphatic rings. The first kappa shape index (κ1) is 23.4. The van der Waals surface area contributed by atoms with Crippen molar-refractivity contribution in [2.75, 3.05) is 26.2 Å². The van der Waals surface area contributed by atoms with Crippen LogP contribution in [-0.4, -0.2) is 47.7 Å². The topological polar surface area (TPSA) is 35.9 Å². The van der Waals surface area contributed by atoms with Gasteiger partial charge in [0.15, 0.2) is 0 Å². The van der Waals surface area contributed by atoms with Crippen LogP contribution in [0.25, 0.3) is 0 Å². The molecular formula is C23H28F3N3O. The quantitative estimate of drug-likeness (QED) is 0.376. The largest absolute Gasteiger partial charge is 0.416 e. The van der Waals surface area contributed by atoms with Crippen molar-refractivity contribution < 1.29 is 18.0 Å². The lowest BCUT2D eigenvalue weighted by Crippen LogP contribution is -2.50. The molecular weight excluding hydrogens is 391 g/mol. The van der Waals surface area contributed by atoms with Gasteiger partial charge in [0.25, 0.3) is 0 Å². The molecule has 4 nitrogen and oxygen atoms in total. The molecule has 30 heavy (non-hydrogen) atoms. The summed E-state index contributed by atoms with van der Waals surface area (Å²) in [5, 5.41) is 0. The molecule has 0 aliphatic carbocycles. The summed E-state index contributed by atoms with van der Waals surface area (Å²) in [5.41, 5.74) is 1.09. The maximum atomic E-state index is 12.8. The Balaban J connectivity index is 2.23. The average molecular weight is 419 g/mol. The van der Waals surface area contributed by atoms with E-state index >= 15 is 0 Å². The number of piperazine rings is 1. The van der Waals surface area contributed by atoms with Crippen molar-refractivity contribution >= 4 is 11.7 Å². The zero-order chi connectivity index (χ0) is 22.1. The van der Waals surface area contributed by atoms with Crippen molar-refractivity contribution in [3.8, 4) is 0 Å². The van der Waals surface area contributed by atoms with E-state index in [9.17, 15) is 18.0 Å². The van der Waals surface area contributed by atoms with Crippen molar-refractivity contribution in [1.82, 2.24) is 9.80 Å². The van der Waals surface area contributed by atoms with E-state index in [2.05, 4.69) is 22.5 Å². The summed E-state index contributed by atoms with van der Waals surface area (Å²) < 4.78 is 38.5. The van der Waals surface area contributed by atoms with Crippen LogP contribution in [0.2, 0.25) is 0 Å². The molecule has 1 fully saturated rings. The fourth-order valence-corrected chi connectivity index (χ4v) is 3.30. The molecule has 0 spiro atoms. The number of hydrogen-bond donors (Lipinski definition) is 0. The van der Waals surface area contributed by atoms with Gasteiger partial charge in [-0.1, -0.05) is 37.8 Å². The molecule has 0 saturated carbocycles. The Morgan fingerprint density at radius 1 is 1.13 bits per heavy atom. The van der Waals surface area contributed by atoms with Gasteiger partial charge in [0.05, 0.1) is 5.56 Å². The molecule has 1 amide bonds. The predicted octanol–water partition coefficient (Wildman–Crippen LogP) is 4.85. The standard InChI is InChI=1S/C23H28F3N3O/c1-4-7-19(17-18-8-10-20(11-9-18)23(24,25)26)22(27-12-5-2)29-15-13-28(14-16-29)21(30)6-3/h5-12H,3-4,13-17H2,1-2H3/b12-5-,19-7+,27-22-. The fraction of sp³-hybridized carbons (Fsp3) is 0.391. The maximum Gasteiger partial charge on any atom is 0.416 e. The monoisotopic (exact) mass is 419 g/mol. The van der Waals surface area contributed by atoms with Crippen LogP contribution < -0.4 is 0 Å². The molecule has 0 unspecified atom stereocenters. The summed E-state index contributed by atoms with van der Waals surface area (Å²) in [5.74, 6) is 0.705. The lowest BCUT2D eigenvalue weighted by Gasteiger charge is -2.36. The first-order chi connectivity index (χ1) is 14.3. The minimum absolute atomic E-state index is 0.0873. The van der Waals surface area contributed by atoms with Gasteiger partial charge < -0.3 is 9.80 Å². The highest BCUT2D eigenvalue weighted by Gasteiger charge is 2.30. The number of rotatable bonds is 6. The molecule has 162 valence electrons. The van der Waals surface area contributed by atoms with E-state index in [1.165, 1.54) is 18.2 Å². The van der Waals surface area contributed by atoms with Crippen LogP contribution in [0.4, 0.5) is 13.2 Å². The van der Waals surface area contributed by atoms with E-state index in [1.54, 1.807) is 11.1 Å². The van der Waals surface area contributed by atoms with E-state index in [0.717, 1.165) is 35.5 Å². The van der Waals surface area contributed by atoms with Crippen molar-refractivity contribution in [1.29, 1.82) is 0 Å². The molecule has 0 N–H and O–H groups in total. The summed E-state index contributed by atoms with van der Waals surface area (Å²) in [6.45, 7) is 9.82. The highest BCUT2D eigenvalue weighted by atomic mass is 19.4. The van der Waals surface area contributed by atoms with E-state index in [1.807, 2.05) is 19.9 Å². The number of alkyl halides is 3. The Hall–Kier alpha value is -2.83. The second-order valence-corrected chi connectivity index (χ2v) is 6.96. The summed E-state index contributed by atoms with van der Waals surface area (Å²) in [6, 6.07) is 5.25. The van der Waals surface area contributed by atoms with Gasteiger partial charge in [-0.15, -0.1) is 0 Å². The van der Waals surface area contributed by atoms with Crippen LogP contribution in [0.5, 0.6) is 0 Å². The Kier molecular flexibility index (Phi) is 8.45. The molecule has 2 rings (SSSR count). The number of allylic oxidation sites excluding steroid dienone is 2. The van der Waals surface area contributed by atoms with Crippen molar-refractivity contribution in [3.05, 3.63) is 72.0 Å². The number of hydrogen-bond acceptors (Lipinski definition) is 2. The van der Waals surface area contributed by atoms with E-state index in [4.69, 9.17) is 0 Å². The van der Waals surface area contributed by atoms with Gasteiger partial charge in [-0.3, -0.25) is 4.79 Å². The lowest BCUT2D eigenvalue weighted by molar-refractivity contribution is -0.137. The Morgan fingerprint density at radius 2 is 1.73 bits per heavy atom. The van der Waals surface area contributed by atoms with Crippen LogP contribution in [0.1, 0.15) is 31.4 Å². The molecule has 1 heterocycles. The van der Waals surface area contributed by atoms with Crippen molar-refractivity contribution in [2.24, 2.45) is 4.99 Å². The molecule has 0 aromatic heterocycles. The third kappa shape index (κ3) is 6.34. The second kappa shape index (κ2) is 10.8. The molecule has 0 atom stereocenters. The van der Waals surface area contributed by atoms with Crippen LogP contribution in [0.15, 0.2) is 65.8 Å². The van der Waals surface area contributed by atoms with E-state index < -0.39 is 11.7 Å². The normalized spacial score (nSPS) is 16.3. The maximum absolute atomic E-state index is 12.8. The van der Waals surface area contributed by atoms with E-state index in [0.29, 0.717) is 32.6 Å². The highest BCUT2D eigenvalue weighted by molar-refractivity contribution is 5.99. The predicted molar refractivity (Wildman–Crippen MR) is 114 cm³/mol. The number of amidine groups is 1. The van der Waals surface area contributed by atoms with Crippen molar-refractivity contribution in [3.63, 3.8) is 0 Å². The Morgan fingerprint density at radius 3 is 2.23 bits per heavy atom. The SMILES string of the molecule is C=CC(=O)N1CCN(C(=N\C=C/C)/C(=C/CC)Cc2ccc(C(F)(F)F)cc2)CC1. The molecule has 1 aliphatic heterocycles. The Bertz CT molecular complexity index is 815. The fourth-order valence-electron chi connectivity index (χ4n) is 3.30. The molecule has 1 aromatic carbocycles. The summed E-state index contributed by atoms with van der Waals surface area (Å²) in [7, 11) is 0. The highest BCUT2D eigenvalue weighted by Crippen LogP contribution is 2.29. The number of carbonyl (C=O) groups is 1. The minimum Gasteiger partial charge on any atom is -0.353 e. The third-order valence-electron chi connectivity index (χ3n) is 4.82. The summed E-state index contributed by atoms with van der Waals surface area (Å²) >= 11 is 0. The van der Waals surface area contributed by atoms with Crippen molar-refractivity contribution in [2.45, 2.75) is 32.9 Å². The second-order valence-electron chi connectivity index (χ2n) is 6.96. The van der Waals surface area contributed by atoms with Crippen LogP contribution in [0, 0.1) is 0 Å². The minimum atomic E-state index is -4.35. The number of halogens is 3. The van der Waals surface area contributed by atoms with Crippen LogP contribution >= 0.6 is 0 Å². The number of aliphatic imine (C=N–C) groups is 1.